The quantitative estimate of drug-likeness (QED) is 0.624. The van der Waals surface area contributed by atoms with Crippen LogP contribution in [0.2, 0.25) is 0 Å². The van der Waals surface area contributed by atoms with Crippen LogP contribution in [0.15, 0.2) is 24.3 Å². The van der Waals surface area contributed by atoms with E-state index in [9.17, 15) is 14.9 Å². The third-order valence-electron chi connectivity index (χ3n) is 2.94. The van der Waals surface area contributed by atoms with Gasteiger partial charge in [0.05, 0.1) is 4.92 Å². The van der Waals surface area contributed by atoms with Gasteiger partial charge in [0.15, 0.2) is 0 Å². The van der Waals surface area contributed by atoms with Crippen LogP contribution in [0, 0.1) is 16.0 Å². The molecule has 104 valence electrons. The van der Waals surface area contributed by atoms with Crippen molar-refractivity contribution >= 4 is 11.6 Å². The van der Waals surface area contributed by atoms with Gasteiger partial charge in [-0.15, -0.1) is 0 Å². The van der Waals surface area contributed by atoms with Gasteiger partial charge in [0.2, 0.25) is 5.91 Å². The standard InChI is InChI=1S/C13H19N3O3/c1-10(6-7-14)13(17)15(2)9-11-4-3-5-12(8-11)16(18)19/h3-5,8,10H,6-7,9,14H2,1-2H3. The van der Waals surface area contributed by atoms with Crippen LogP contribution in [0.25, 0.3) is 0 Å². The van der Waals surface area contributed by atoms with Gasteiger partial charge in [0, 0.05) is 31.6 Å². The second-order valence-electron chi connectivity index (χ2n) is 4.60. The Bertz CT molecular complexity index is 462. The summed E-state index contributed by atoms with van der Waals surface area (Å²) in [5.41, 5.74) is 6.20. The van der Waals surface area contributed by atoms with Crippen LogP contribution >= 0.6 is 0 Å². The maximum atomic E-state index is 12.0. The maximum Gasteiger partial charge on any atom is 0.269 e. The first-order chi connectivity index (χ1) is 8.95. The van der Waals surface area contributed by atoms with Gasteiger partial charge in [0.25, 0.3) is 5.69 Å². The van der Waals surface area contributed by atoms with Crippen LogP contribution in [0.1, 0.15) is 18.9 Å². The molecule has 0 fully saturated rings. The fourth-order valence-electron chi connectivity index (χ4n) is 1.87. The van der Waals surface area contributed by atoms with Crippen molar-refractivity contribution in [3.05, 3.63) is 39.9 Å². The molecule has 1 amide bonds. The molecule has 0 spiro atoms. The third-order valence-corrected chi connectivity index (χ3v) is 2.94. The molecule has 0 saturated heterocycles. The second kappa shape index (κ2) is 6.84. The van der Waals surface area contributed by atoms with Crippen molar-refractivity contribution in [3.63, 3.8) is 0 Å². The molecule has 1 aromatic rings. The highest BCUT2D eigenvalue weighted by Crippen LogP contribution is 2.15. The van der Waals surface area contributed by atoms with Gasteiger partial charge in [-0.25, -0.2) is 0 Å². The SMILES string of the molecule is CC(CCN)C(=O)N(C)Cc1cccc([N+](=O)[O-])c1. The van der Waals surface area contributed by atoms with Crippen molar-refractivity contribution in [1.82, 2.24) is 4.90 Å². The number of carbonyl (C=O) groups excluding carboxylic acids is 1. The van der Waals surface area contributed by atoms with E-state index < -0.39 is 4.92 Å². The average molecular weight is 265 g/mol. The largest absolute Gasteiger partial charge is 0.341 e. The number of hydrogen-bond donors (Lipinski definition) is 1. The van der Waals surface area contributed by atoms with Gasteiger partial charge in [-0.05, 0) is 18.5 Å². The summed E-state index contributed by atoms with van der Waals surface area (Å²) in [7, 11) is 1.69. The predicted molar refractivity (Wildman–Crippen MR) is 72.4 cm³/mol. The molecule has 1 rings (SSSR count). The molecular formula is C13H19N3O3. The minimum atomic E-state index is -0.442. The normalized spacial score (nSPS) is 11.9. The highest BCUT2D eigenvalue weighted by atomic mass is 16.6. The van der Waals surface area contributed by atoms with Gasteiger partial charge in [-0.2, -0.15) is 0 Å². The van der Waals surface area contributed by atoms with Crippen molar-refractivity contribution < 1.29 is 9.72 Å². The van der Waals surface area contributed by atoms with Gasteiger partial charge >= 0.3 is 0 Å². The molecule has 1 unspecified atom stereocenters. The molecule has 6 nitrogen and oxygen atoms in total. The molecule has 1 atom stereocenters. The van der Waals surface area contributed by atoms with Gasteiger partial charge in [0.1, 0.15) is 0 Å². The lowest BCUT2D eigenvalue weighted by Crippen LogP contribution is -2.32. The first-order valence-electron chi connectivity index (χ1n) is 6.14. The van der Waals surface area contributed by atoms with E-state index in [-0.39, 0.29) is 17.5 Å². The summed E-state index contributed by atoms with van der Waals surface area (Å²) >= 11 is 0. The number of non-ortho nitro benzene ring substituents is 1. The Labute approximate surface area is 112 Å². The smallest absolute Gasteiger partial charge is 0.269 e. The molecule has 0 aromatic heterocycles. The minimum Gasteiger partial charge on any atom is -0.341 e. The predicted octanol–water partition coefficient (Wildman–Crippen LogP) is 1.54. The van der Waals surface area contributed by atoms with E-state index in [2.05, 4.69) is 0 Å². The van der Waals surface area contributed by atoms with Crippen LogP contribution in [-0.2, 0) is 11.3 Å². The Hall–Kier alpha value is -1.95. The van der Waals surface area contributed by atoms with Crippen LogP contribution in [0.4, 0.5) is 5.69 Å². The van der Waals surface area contributed by atoms with Gasteiger partial charge < -0.3 is 10.6 Å². The molecule has 6 heteroatoms. The zero-order chi connectivity index (χ0) is 14.4. The molecule has 0 bridgehead atoms. The fourth-order valence-corrected chi connectivity index (χ4v) is 1.87. The van der Waals surface area contributed by atoms with E-state index >= 15 is 0 Å². The molecule has 0 aliphatic carbocycles. The number of nitrogens with two attached hydrogens (primary N) is 1. The number of benzene rings is 1. The number of carbonyl (C=O) groups is 1. The van der Waals surface area contributed by atoms with E-state index in [0.29, 0.717) is 19.5 Å². The first-order valence-corrected chi connectivity index (χ1v) is 6.14. The minimum absolute atomic E-state index is 0.00282. The summed E-state index contributed by atoms with van der Waals surface area (Å²) in [5.74, 6) is -0.134. The zero-order valence-corrected chi connectivity index (χ0v) is 11.2. The Balaban J connectivity index is 2.71. The summed E-state index contributed by atoms with van der Waals surface area (Å²) < 4.78 is 0. The number of rotatable bonds is 6. The molecule has 1 aromatic carbocycles. The van der Waals surface area contributed by atoms with Crippen molar-refractivity contribution in [2.75, 3.05) is 13.6 Å². The Morgan fingerprint density at radius 3 is 2.79 bits per heavy atom. The Kier molecular flexibility index (Phi) is 5.44. The lowest BCUT2D eigenvalue weighted by atomic mass is 10.1. The Morgan fingerprint density at radius 1 is 1.53 bits per heavy atom. The van der Waals surface area contributed by atoms with Crippen LogP contribution < -0.4 is 5.73 Å². The number of amides is 1. The molecule has 0 radical (unpaired) electrons. The summed E-state index contributed by atoms with van der Waals surface area (Å²) in [4.78, 5) is 23.8. The van der Waals surface area contributed by atoms with Crippen molar-refractivity contribution in [2.24, 2.45) is 11.7 Å². The number of nitro groups is 1. The topological polar surface area (TPSA) is 89.5 Å². The van der Waals surface area contributed by atoms with E-state index in [1.165, 1.54) is 12.1 Å². The lowest BCUT2D eigenvalue weighted by molar-refractivity contribution is -0.384. The number of nitrogens with zero attached hydrogens (tertiary/aromatic N) is 2. The van der Waals surface area contributed by atoms with E-state index in [4.69, 9.17) is 5.73 Å². The van der Waals surface area contributed by atoms with Crippen LogP contribution in [0.5, 0.6) is 0 Å². The third kappa shape index (κ3) is 4.33. The number of nitro benzene ring substituents is 1. The summed E-state index contributed by atoms with van der Waals surface area (Å²) in [5, 5.41) is 10.7. The summed E-state index contributed by atoms with van der Waals surface area (Å²) in [6.45, 7) is 2.66. The molecule has 19 heavy (non-hydrogen) atoms. The Morgan fingerprint density at radius 2 is 2.21 bits per heavy atom. The van der Waals surface area contributed by atoms with Crippen molar-refractivity contribution in [1.29, 1.82) is 0 Å². The molecule has 0 aliphatic heterocycles. The highest BCUT2D eigenvalue weighted by molar-refractivity contribution is 5.78. The molecule has 0 heterocycles. The molecule has 2 N–H and O–H groups in total. The number of hydrogen-bond acceptors (Lipinski definition) is 4. The highest BCUT2D eigenvalue weighted by Gasteiger charge is 2.17. The first kappa shape index (κ1) is 15.1. The van der Waals surface area contributed by atoms with E-state index in [1.807, 2.05) is 6.92 Å². The van der Waals surface area contributed by atoms with Gasteiger partial charge in [-0.1, -0.05) is 19.1 Å². The molecule has 0 saturated carbocycles. The van der Waals surface area contributed by atoms with Crippen LogP contribution in [-0.4, -0.2) is 29.3 Å². The average Bonchev–Trinajstić information content (AvgIpc) is 2.38. The summed E-state index contributed by atoms with van der Waals surface area (Å²) in [6.07, 6.45) is 0.637. The fraction of sp³-hybridized carbons (Fsp3) is 0.462. The zero-order valence-electron chi connectivity index (χ0n) is 11.2. The van der Waals surface area contributed by atoms with Gasteiger partial charge in [-0.3, -0.25) is 14.9 Å². The van der Waals surface area contributed by atoms with Crippen molar-refractivity contribution in [2.45, 2.75) is 19.9 Å². The molecule has 0 aliphatic rings. The summed E-state index contributed by atoms with van der Waals surface area (Å²) in [6, 6.07) is 6.30. The maximum absolute atomic E-state index is 12.0. The van der Waals surface area contributed by atoms with E-state index in [1.54, 1.807) is 24.1 Å². The van der Waals surface area contributed by atoms with Crippen molar-refractivity contribution in [3.8, 4) is 0 Å². The second-order valence-corrected chi connectivity index (χ2v) is 4.60. The molecular weight excluding hydrogens is 246 g/mol. The van der Waals surface area contributed by atoms with E-state index in [0.717, 1.165) is 5.56 Å². The lowest BCUT2D eigenvalue weighted by Gasteiger charge is -2.21. The van der Waals surface area contributed by atoms with Crippen LogP contribution in [0.3, 0.4) is 0 Å². The monoisotopic (exact) mass is 265 g/mol.